The Balaban J connectivity index is 1.89. The molecule has 0 bridgehead atoms. The van der Waals surface area contributed by atoms with Gasteiger partial charge in [0, 0.05) is 11.4 Å². The van der Waals surface area contributed by atoms with E-state index in [9.17, 15) is 4.79 Å². The zero-order valence-electron chi connectivity index (χ0n) is 13.3. The number of aryl methyl sites for hydroxylation is 1. The first kappa shape index (κ1) is 15.8. The first-order chi connectivity index (χ1) is 11.1. The summed E-state index contributed by atoms with van der Waals surface area (Å²) in [6, 6.07) is 13.8. The number of methoxy groups -OCH3 is 1. The van der Waals surface area contributed by atoms with Crippen molar-refractivity contribution in [2.45, 2.75) is 25.7 Å². The Bertz CT molecular complexity index is 760. The van der Waals surface area contributed by atoms with Crippen LogP contribution in [0.15, 0.2) is 48.5 Å². The van der Waals surface area contributed by atoms with Crippen molar-refractivity contribution >= 4 is 23.0 Å². The summed E-state index contributed by atoms with van der Waals surface area (Å²) < 4.78 is 5.20. The standard InChI is InChI=1S/C20H19ClO2/c1-13-9-17(21)5-8-20(13)16-10-15(11-18(22)12-16)14-3-6-19(23-2)7-4-14/h3-9,12,15H,10-11H2,1-2H3. The molecule has 0 amide bonds. The summed E-state index contributed by atoms with van der Waals surface area (Å²) in [4.78, 5) is 12.2. The molecule has 2 aromatic rings. The summed E-state index contributed by atoms with van der Waals surface area (Å²) >= 11 is 6.04. The highest BCUT2D eigenvalue weighted by Gasteiger charge is 2.23. The van der Waals surface area contributed by atoms with Gasteiger partial charge in [-0.15, -0.1) is 0 Å². The van der Waals surface area contributed by atoms with Crippen molar-refractivity contribution < 1.29 is 9.53 Å². The lowest BCUT2D eigenvalue weighted by Gasteiger charge is -2.24. The van der Waals surface area contributed by atoms with Gasteiger partial charge in [0.15, 0.2) is 5.78 Å². The molecule has 0 spiro atoms. The zero-order chi connectivity index (χ0) is 16.4. The van der Waals surface area contributed by atoms with Gasteiger partial charge in [-0.3, -0.25) is 4.79 Å². The molecule has 3 rings (SSSR count). The van der Waals surface area contributed by atoms with E-state index in [4.69, 9.17) is 16.3 Å². The number of ketones is 1. The first-order valence-electron chi connectivity index (χ1n) is 7.70. The highest BCUT2D eigenvalue weighted by Crippen LogP contribution is 2.37. The van der Waals surface area contributed by atoms with Crippen LogP contribution in [0, 0.1) is 6.92 Å². The second-order valence-corrected chi connectivity index (χ2v) is 6.41. The van der Waals surface area contributed by atoms with E-state index in [0.29, 0.717) is 6.42 Å². The molecular formula is C20H19ClO2. The fourth-order valence-corrected chi connectivity index (χ4v) is 3.41. The van der Waals surface area contributed by atoms with Gasteiger partial charge in [0.25, 0.3) is 0 Å². The van der Waals surface area contributed by atoms with Crippen LogP contribution in [-0.2, 0) is 4.79 Å². The van der Waals surface area contributed by atoms with E-state index in [1.165, 1.54) is 5.56 Å². The summed E-state index contributed by atoms with van der Waals surface area (Å²) in [5.41, 5.74) is 4.49. The quantitative estimate of drug-likeness (QED) is 0.776. The highest BCUT2D eigenvalue weighted by molar-refractivity contribution is 6.30. The maximum atomic E-state index is 12.2. The van der Waals surface area contributed by atoms with E-state index in [-0.39, 0.29) is 11.7 Å². The molecule has 1 atom stereocenters. The number of halogens is 1. The molecule has 0 heterocycles. The van der Waals surface area contributed by atoms with Crippen LogP contribution in [0.25, 0.3) is 5.57 Å². The predicted octanol–water partition coefficient (Wildman–Crippen LogP) is 5.19. The zero-order valence-corrected chi connectivity index (χ0v) is 14.1. The summed E-state index contributed by atoms with van der Waals surface area (Å²) in [6.07, 6.45) is 3.21. The van der Waals surface area contributed by atoms with Crippen molar-refractivity contribution in [3.05, 3.63) is 70.3 Å². The van der Waals surface area contributed by atoms with Gasteiger partial charge in [0.2, 0.25) is 0 Å². The number of ether oxygens (including phenoxy) is 1. The molecule has 2 aromatic carbocycles. The lowest BCUT2D eigenvalue weighted by atomic mass is 9.80. The largest absolute Gasteiger partial charge is 0.497 e. The molecule has 3 heteroatoms. The van der Waals surface area contributed by atoms with Gasteiger partial charge in [-0.2, -0.15) is 0 Å². The van der Waals surface area contributed by atoms with Crippen LogP contribution in [0.5, 0.6) is 5.75 Å². The van der Waals surface area contributed by atoms with Gasteiger partial charge in [-0.05, 0) is 71.9 Å². The maximum Gasteiger partial charge on any atom is 0.156 e. The second kappa shape index (κ2) is 6.59. The molecule has 2 nitrogen and oxygen atoms in total. The van der Waals surface area contributed by atoms with Crippen molar-refractivity contribution in [2.75, 3.05) is 7.11 Å². The van der Waals surface area contributed by atoms with Gasteiger partial charge in [-0.25, -0.2) is 0 Å². The van der Waals surface area contributed by atoms with Crippen LogP contribution in [0.3, 0.4) is 0 Å². The predicted molar refractivity (Wildman–Crippen MR) is 94.1 cm³/mol. The van der Waals surface area contributed by atoms with Gasteiger partial charge in [0.05, 0.1) is 7.11 Å². The number of hydrogen-bond donors (Lipinski definition) is 0. The fourth-order valence-electron chi connectivity index (χ4n) is 3.18. The minimum absolute atomic E-state index is 0.182. The Hall–Kier alpha value is -2.06. The topological polar surface area (TPSA) is 26.3 Å². The Morgan fingerprint density at radius 1 is 1.09 bits per heavy atom. The lowest BCUT2D eigenvalue weighted by Crippen LogP contribution is -2.12. The third-order valence-corrected chi connectivity index (χ3v) is 4.61. The monoisotopic (exact) mass is 326 g/mol. The summed E-state index contributed by atoms with van der Waals surface area (Å²) in [6.45, 7) is 2.03. The molecule has 1 aliphatic carbocycles. The van der Waals surface area contributed by atoms with Crippen molar-refractivity contribution in [3.63, 3.8) is 0 Å². The van der Waals surface area contributed by atoms with E-state index in [2.05, 4.69) is 12.1 Å². The van der Waals surface area contributed by atoms with Crippen molar-refractivity contribution in [2.24, 2.45) is 0 Å². The molecular weight excluding hydrogens is 308 g/mol. The first-order valence-corrected chi connectivity index (χ1v) is 8.08. The minimum Gasteiger partial charge on any atom is -0.497 e. The van der Waals surface area contributed by atoms with Crippen molar-refractivity contribution in [1.82, 2.24) is 0 Å². The molecule has 0 fully saturated rings. The molecule has 0 saturated heterocycles. The molecule has 1 unspecified atom stereocenters. The molecule has 1 aliphatic rings. The van der Waals surface area contributed by atoms with Gasteiger partial charge in [0.1, 0.15) is 5.75 Å². The van der Waals surface area contributed by atoms with Gasteiger partial charge < -0.3 is 4.74 Å². The number of benzene rings is 2. The SMILES string of the molecule is COc1ccc(C2CC(=O)C=C(c3ccc(Cl)cc3C)C2)cc1. The Kier molecular flexibility index (Phi) is 4.53. The van der Waals surface area contributed by atoms with Gasteiger partial charge >= 0.3 is 0 Å². The number of hydrogen-bond acceptors (Lipinski definition) is 2. The summed E-state index contributed by atoms with van der Waals surface area (Å²) in [5.74, 6) is 1.23. The average Bonchev–Trinajstić information content (AvgIpc) is 2.54. The van der Waals surface area contributed by atoms with Crippen LogP contribution in [-0.4, -0.2) is 12.9 Å². The summed E-state index contributed by atoms with van der Waals surface area (Å²) in [5, 5.41) is 0.723. The molecule has 0 N–H and O–H groups in total. The number of allylic oxidation sites excluding steroid dienone is 2. The molecule has 23 heavy (non-hydrogen) atoms. The van der Waals surface area contributed by atoms with Crippen LogP contribution in [0.4, 0.5) is 0 Å². The Morgan fingerprint density at radius 2 is 1.83 bits per heavy atom. The number of rotatable bonds is 3. The lowest BCUT2D eigenvalue weighted by molar-refractivity contribution is -0.115. The fraction of sp³-hybridized carbons (Fsp3) is 0.250. The van der Waals surface area contributed by atoms with E-state index in [1.807, 2.05) is 37.3 Å². The van der Waals surface area contributed by atoms with Crippen LogP contribution < -0.4 is 4.74 Å². The number of carbonyl (C=O) groups is 1. The van der Waals surface area contributed by atoms with Crippen LogP contribution in [0.2, 0.25) is 5.02 Å². The maximum absolute atomic E-state index is 12.2. The Labute approximate surface area is 141 Å². The smallest absolute Gasteiger partial charge is 0.156 e. The highest BCUT2D eigenvalue weighted by atomic mass is 35.5. The van der Waals surface area contributed by atoms with E-state index >= 15 is 0 Å². The normalized spacial score (nSPS) is 17.8. The third-order valence-electron chi connectivity index (χ3n) is 4.37. The van der Waals surface area contributed by atoms with E-state index in [0.717, 1.165) is 33.9 Å². The minimum atomic E-state index is 0.182. The number of carbonyl (C=O) groups excluding carboxylic acids is 1. The second-order valence-electron chi connectivity index (χ2n) is 5.97. The Morgan fingerprint density at radius 3 is 2.48 bits per heavy atom. The van der Waals surface area contributed by atoms with Crippen molar-refractivity contribution in [1.29, 1.82) is 0 Å². The van der Waals surface area contributed by atoms with Gasteiger partial charge in [-0.1, -0.05) is 29.8 Å². The molecule has 0 radical (unpaired) electrons. The van der Waals surface area contributed by atoms with Crippen LogP contribution in [0.1, 0.15) is 35.4 Å². The van der Waals surface area contributed by atoms with E-state index < -0.39 is 0 Å². The summed E-state index contributed by atoms with van der Waals surface area (Å²) in [7, 11) is 1.66. The van der Waals surface area contributed by atoms with Crippen LogP contribution >= 0.6 is 11.6 Å². The van der Waals surface area contributed by atoms with E-state index in [1.54, 1.807) is 13.2 Å². The average molecular weight is 327 g/mol. The third kappa shape index (κ3) is 3.48. The molecule has 0 saturated carbocycles. The molecule has 118 valence electrons. The molecule has 0 aromatic heterocycles. The van der Waals surface area contributed by atoms with Crippen molar-refractivity contribution in [3.8, 4) is 5.75 Å². The molecule has 0 aliphatic heterocycles.